The Kier molecular flexibility index (Phi) is 4.78. The molecule has 4 rings (SSSR count). The van der Waals surface area contributed by atoms with E-state index in [1.165, 1.54) is 37.7 Å². The Bertz CT molecular complexity index is 678. The first-order valence-electron chi connectivity index (χ1n) is 9.22. The van der Waals surface area contributed by atoms with E-state index in [0.29, 0.717) is 0 Å². The lowest BCUT2D eigenvalue weighted by molar-refractivity contribution is 0.296. The first kappa shape index (κ1) is 15.6. The maximum Gasteiger partial charge on any atom is 0.147 e. The number of nitrogens with one attached hydrogen (secondary N) is 1. The highest BCUT2D eigenvalue weighted by molar-refractivity contribution is 5.33. The van der Waals surface area contributed by atoms with Crippen LogP contribution >= 0.6 is 0 Å². The second kappa shape index (κ2) is 7.34. The molecule has 2 aromatic rings. The number of fused-ring (bicyclic) bond motifs is 1. The first-order chi connectivity index (χ1) is 11.9. The van der Waals surface area contributed by atoms with Gasteiger partial charge in [0.1, 0.15) is 17.4 Å². The predicted octanol–water partition coefficient (Wildman–Crippen LogP) is 3.08. The Morgan fingerprint density at radius 1 is 1.08 bits per heavy atom. The summed E-state index contributed by atoms with van der Waals surface area (Å²) in [7, 11) is 0. The van der Waals surface area contributed by atoms with Crippen molar-refractivity contribution in [2.75, 3.05) is 6.61 Å². The predicted molar refractivity (Wildman–Crippen MR) is 92.8 cm³/mol. The molecule has 2 heterocycles. The second-order valence-electron chi connectivity index (χ2n) is 6.96. The number of para-hydroxylation sites is 1. The monoisotopic (exact) mass is 326 g/mol. The minimum atomic E-state index is 0.754. The molecule has 1 aliphatic heterocycles. The van der Waals surface area contributed by atoms with Gasteiger partial charge in [0.2, 0.25) is 0 Å². The summed E-state index contributed by atoms with van der Waals surface area (Å²) in [5, 5.41) is 12.3. The Morgan fingerprint density at radius 3 is 2.92 bits per heavy atom. The lowest BCUT2D eigenvalue weighted by atomic mass is 10.2. The Balaban J connectivity index is 1.35. The fraction of sp³-hybridized carbons (Fsp3) is 0.579. The number of rotatable bonds is 7. The molecule has 128 valence electrons. The molecule has 1 aromatic carbocycles. The summed E-state index contributed by atoms with van der Waals surface area (Å²) in [5.74, 6) is 4.00. The van der Waals surface area contributed by atoms with Crippen LogP contribution in [0.15, 0.2) is 24.3 Å². The first-order valence-corrected chi connectivity index (χ1v) is 9.22. The molecule has 1 saturated carbocycles. The van der Waals surface area contributed by atoms with Crippen LogP contribution in [0, 0.1) is 5.92 Å². The van der Waals surface area contributed by atoms with Crippen molar-refractivity contribution in [2.45, 2.75) is 58.2 Å². The normalized spacial score (nSPS) is 17.3. The fourth-order valence-electron chi connectivity index (χ4n) is 3.27. The number of aromatic nitrogens is 3. The van der Waals surface area contributed by atoms with Crippen molar-refractivity contribution in [3.63, 3.8) is 0 Å². The summed E-state index contributed by atoms with van der Waals surface area (Å²) in [4.78, 5) is 0. The van der Waals surface area contributed by atoms with Crippen LogP contribution in [-0.4, -0.2) is 21.4 Å². The summed E-state index contributed by atoms with van der Waals surface area (Å²) in [5.41, 5.74) is 1.22. The third kappa shape index (κ3) is 3.78. The highest BCUT2D eigenvalue weighted by Gasteiger charge is 2.22. The summed E-state index contributed by atoms with van der Waals surface area (Å²) in [6.07, 6.45) is 7.46. The van der Waals surface area contributed by atoms with E-state index in [0.717, 1.165) is 56.0 Å². The number of benzene rings is 1. The summed E-state index contributed by atoms with van der Waals surface area (Å²) >= 11 is 0. The molecule has 0 amide bonds. The molecule has 1 fully saturated rings. The van der Waals surface area contributed by atoms with E-state index < -0.39 is 0 Å². The maximum absolute atomic E-state index is 5.98. The summed E-state index contributed by atoms with van der Waals surface area (Å²) in [6.45, 7) is 3.46. The molecule has 0 radical (unpaired) electrons. The molecule has 1 aromatic heterocycles. The Morgan fingerprint density at radius 2 is 2.00 bits per heavy atom. The van der Waals surface area contributed by atoms with Gasteiger partial charge in [0.25, 0.3) is 0 Å². The van der Waals surface area contributed by atoms with E-state index in [1.54, 1.807) is 0 Å². The van der Waals surface area contributed by atoms with E-state index in [4.69, 9.17) is 4.74 Å². The van der Waals surface area contributed by atoms with Gasteiger partial charge in [-0.3, -0.25) is 0 Å². The average molecular weight is 326 g/mol. The van der Waals surface area contributed by atoms with Gasteiger partial charge in [-0.1, -0.05) is 24.6 Å². The van der Waals surface area contributed by atoms with Crippen molar-refractivity contribution in [2.24, 2.45) is 5.92 Å². The number of hydrogen-bond donors (Lipinski definition) is 1. The zero-order valence-electron chi connectivity index (χ0n) is 14.2. The standard InChI is InChI=1S/C19H26N4O/c1-2-8-18-21-22-19(23(18)11-5-1)13-20-12-16-6-3-4-7-17(16)24-14-15-9-10-15/h3-4,6-7,15,20H,1-2,5,8-14H2. The molecule has 1 aliphatic carbocycles. The summed E-state index contributed by atoms with van der Waals surface area (Å²) in [6, 6.07) is 8.33. The third-order valence-electron chi connectivity index (χ3n) is 4.93. The number of nitrogens with zero attached hydrogens (tertiary/aromatic N) is 3. The maximum atomic E-state index is 5.98. The van der Waals surface area contributed by atoms with Gasteiger partial charge in [-0.2, -0.15) is 0 Å². The zero-order chi connectivity index (χ0) is 16.2. The molecule has 2 aliphatic rings. The van der Waals surface area contributed by atoms with Gasteiger partial charge in [-0.15, -0.1) is 10.2 Å². The molecule has 0 atom stereocenters. The van der Waals surface area contributed by atoms with Crippen molar-refractivity contribution in [3.8, 4) is 5.75 Å². The van der Waals surface area contributed by atoms with Crippen molar-refractivity contribution >= 4 is 0 Å². The van der Waals surface area contributed by atoms with Gasteiger partial charge >= 0.3 is 0 Å². The molecule has 1 N–H and O–H groups in total. The van der Waals surface area contributed by atoms with Crippen LogP contribution in [0.3, 0.4) is 0 Å². The van der Waals surface area contributed by atoms with Crippen LogP contribution in [0.5, 0.6) is 5.75 Å². The lowest BCUT2D eigenvalue weighted by Gasteiger charge is -2.12. The molecule has 5 nitrogen and oxygen atoms in total. The highest BCUT2D eigenvalue weighted by Crippen LogP contribution is 2.30. The van der Waals surface area contributed by atoms with Crippen molar-refractivity contribution in [1.29, 1.82) is 0 Å². The number of ether oxygens (including phenoxy) is 1. The molecule has 24 heavy (non-hydrogen) atoms. The van der Waals surface area contributed by atoms with Gasteiger partial charge in [0, 0.05) is 25.1 Å². The molecule has 0 saturated heterocycles. The van der Waals surface area contributed by atoms with Gasteiger partial charge in [-0.25, -0.2) is 0 Å². The Hall–Kier alpha value is -1.88. The number of aryl methyl sites for hydroxylation is 1. The van der Waals surface area contributed by atoms with Gasteiger partial charge in [0.15, 0.2) is 0 Å². The van der Waals surface area contributed by atoms with E-state index >= 15 is 0 Å². The van der Waals surface area contributed by atoms with Gasteiger partial charge < -0.3 is 14.6 Å². The minimum absolute atomic E-state index is 0.754. The Labute approximate surface area is 143 Å². The molecule has 0 spiro atoms. The van der Waals surface area contributed by atoms with E-state index in [2.05, 4.69) is 38.3 Å². The van der Waals surface area contributed by atoms with E-state index in [-0.39, 0.29) is 0 Å². The molecular formula is C19H26N4O. The molecule has 5 heteroatoms. The van der Waals surface area contributed by atoms with Crippen molar-refractivity contribution in [1.82, 2.24) is 20.1 Å². The SMILES string of the molecule is c1ccc(OCC2CC2)c(CNCc2nnc3n2CCCCC3)c1. The van der Waals surface area contributed by atoms with Gasteiger partial charge in [0.05, 0.1) is 13.2 Å². The molecule has 0 unspecified atom stereocenters. The zero-order valence-corrected chi connectivity index (χ0v) is 14.2. The third-order valence-corrected chi connectivity index (χ3v) is 4.93. The smallest absolute Gasteiger partial charge is 0.147 e. The van der Waals surface area contributed by atoms with Crippen LogP contribution in [0.25, 0.3) is 0 Å². The van der Waals surface area contributed by atoms with Crippen molar-refractivity contribution < 1.29 is 4.74 Å². The quantitative estimate of drug-likeness (QED) is 0.849. The molecular weight excluding hydrogens is 300 g/mol. The van der Waals surface area contributed by atoms with Gasteiger partial charge in [-0.05, 0) is 37.7 Å². The lowest BCUT2D eigenvalue weighted by Crippen LogP contribution is -2.18. The topological polar surface area (TPSA) is 52.0 Å². The molecule has 0 bridgehead atoms. The highest BCUT2D eigenvalue weighted by atomic mass is 16.5. The van der Waals surface area contributed by atoms with E-state index in [1.807, 2.05) is 6.07 Å². The van der Waals surface area contributed by atoms with Crippen LogP contribution in [0.1, 0.15) is 49.3 Å². The summed E-state index contributed by atoms with van der Waals surface area (Å²) < 4.78 is 8.28. The fourth-order valence-corrected chi connectivity index (χ4v) is 3.27. The second-order valence-corrected chi connectivity index (χ2v) is 6.96. The van der Waals surface area contributed by atoms with Crippen LogP contribution < -0.4 is 10.1 Å². The van der Waals surface area contributed by atoms with Crippen LogP contribution in [-0.2, 0) is 26.1 Å². The number of hydrogen-bond acceptors (Lipinski definition) is 4. The van der Waals surface area contributed by atoms with Crippen LogP contribution in [0.2, 0.25) is 0 Å². The minimum Gasteiger partial charge on any atom is -0.493 e. The largest absolute Gasteiger partial charge is 0.493 e. The van der Waals surface area contributed by atoms with Crippen molar-refractivity contribution in [3.05, 3.63) is 41.5 Å². The van der Waals surface area contributed by atoms with Crippen LogP contribution in [0.4, 0.5) is 0 Å². The average Bonchev–Trinajstić information content (AvgIpc) is 3.40. The van der Waals surface area contributed by atoms with E-state index in [9.17, 15) is 0 Å².